The van der Waals surface area contributed by atoms with Crippen LogP contribution >= 0.6 is 0 Å². The summed E-state index contributed by atoms with van der Waals surface area (Å²) in [5.41, 5.74) is 9.24. The average molecular weight is 518 g/mol. The van der Waals surface area contributed by atoms with Crippen LogP contribution < -0.4 is 10.9 Å². The van der Waals surface area contributed by atoms with E-state index in [-0.39, 0.29) is 5.41 Å². The minimum absolute atomic E-state index is 0.157. The summed E-state index contributed by atoms with van der Waals surface area (Å²) in [5.74, 6) is 0. The number of hydrogen-bond donors (Lipinski definition) is 0. The van der Waals surface area contributed by atoms with Gasteiger partial charge in [0.25, 0.3) is 0 Å². The summed E-state index contributed by atoms with van der Waals surface area (Å²) < 4.78 is 0. The van der Waals surface area contributed by atoms with Gasteiger partial charge in [-0.2, -0.15) is 0 Å². The summed E-state index contributed by atoms with van der Waals surface area (Å²) >= 11 is 0. The van der Waals surface area contributed by atoms with Crippen LogP contribution in [0.2, 0.25) is 10.6 Å². The number of rotatable bonds is 17. The third-order valence-electron chi connectivity index (χ3n) is 11.4. The zero-order valence-corrected chi connectivity index (χ0v) is 26.4. The summed E-state index contributed by atoms with van der Waals surface area (Å²) in [6.45, 7) is 17.3. The standard InChI is InChI=1S/C35H54B4/c1-7-9-11-13-15-17-23-35(24-18-16-14-12-10-8-2)31-25-27(37-36)19-21-29(31)30-22-20-28(26-32(30)35)38-39-33(3,4)34(39,5)6/h19-22,25-26,36,38H,7-18,23-24H2,1-6H3. The molecule has 0 aromatic heterocycles. The summed E-state index contributed by atoms with van der Waals surface area (Å²) in [6, 6.07) is 14.8. The van der Waals surface area contributed by atoms with Crippen LogP contribution in [-0.4, -0.2) is 27.9 Å². The Balaban J connectivity index is 1.67. The predicted octanol–water partition coefficient (Wildman–Crippen LogP) is 8.23. The number of fused-ring (bicyclic) bond motifs is 3. The third kappa shape index (κ3) is 6.31. The molecular formula is C35H54B4. The van der Waals surface area contributed by atoms with Crippen molar-refractivity contribution in [2.45, 2.75) is 147 Å². The van der Waals surface area contributed by atoms with Gasteiger partial charge in [-0.3, -0.25) is 0 Å². The van der Waals surface area contributed by atoms with E-state index in [0.717, 1.165) is 6.60 Å². The molecule has 0 atom stereocenters. The SMILES string of the molecule is B=Bc1ccc2c(c1)C(CCCCCCCC)(CCCCCCCC)c1cc(BB3C(C)(C)C3(C)C)ccc1-2. The predicted molar refractivity (Wildman–Crippen MR) is 182 cm³/mol. The van der Waals surface area contributed by atoms with Gasteiger partial charge in [-0.25, -0.2) is 0 Å². The van der Waals surface area contributed by atoms with E-state index in [1.165, 1.54) is 114 Å². The molecule has 1 saturated heterocycles. The third-order valence-corrected chi connectivity index (χ3v) is 11.4. The van der Waals surface area contributed by atoms with Crippen LogP contribution in [0.25, 0.3) is 11.1 Å². The Bertz CT molecular complexity index is 1090. The van der Waals surface area contributed by atoms with Gasteiger partial charge in [-0.1, -0.05) is 0 Å². The average Bonchev–Trinajstić information content (AvgIpc) is 3.18. The van der Waals surface area contributed by atoms with Crippen molar-refractivity contribution in [3.63, 3.8) is 0 Å². The van der Waals surface area contributed by atoms with Crippen molar-refractivity contribution in [2.75, 3.05) is 0 Å². The molecule has 0 nitrogen and oxygen atoms in total. The molecule has 2 aromatic rings. The van der Waals surface area contributed by atoms with E-state index in [1.807, 2.05) is 6.80 Å². The Morgan fingerprint density at radius 3 is 1.67 bits per heavy atom. The van der Waals surface area contributed by atoms with Crippen molar-refractivity contribution in [1.29, 1.82) is 0 Å². The molecule has 1 aliphatic carbocycles. The van der Waals surface area contributed by atoms with Crippen molar-refractivity contribution in [3.8, 4) is 11.1 Å². The number of hydrogen-bond acceptors (Lipinski definition) is 0. The zero-order chi connectivity index (χ0) is 28.1. The molecule has 0 amide bonds. The first-order chi connectivity index (χ1) is 18.7. The Kier molecular flexibility index (Phi) is 10.3. The van der Waals surface area contributed by atoms with Crippen molar-refractivity contribution in [3.05, 3.63) is 47.5 Å². The molecule has 2 aliphatic rings. The van der Waals surface area contributed by atoms with E-state index in [0.29, 0.717) is 10.6 Å². The van der Waals surface area contributed by atoms with Gasteiger partial charge in [0.15, 0.2) is 0 Å². The normalized spacial score (nSPS) is 17.4. The molecule has 0 N–H and O–H groups in total. The topological polar surface area (TPSA) is 0 Å². The molecule has 0 saturated carbocycles. The molecule has 1 fully saturated rings. The van der Waals surface area contributed by atoms with E-state index in [1.54, 1.807) is 16.6 Å². The summed E-state index contributed by atoms with van der Waals surface area (Å²) in [7, 11) is 5.36. The van der Waals surface area contributed by atoms with E-state index in [9.17, 15) is 0 Å². The Labute approximate surface area is 244 Å². The van der Waals surface area contributed by atoms with Crippen molar-refractivity contribution >= 4 is 38.9 Å². The van der Waals surface area contributed by atoms with Gasteiger partial charge < -0.3 is 0 Å². The fourth-order valence-corrected chi connectivity index (χ4v) is 7.97. The van der Waals surface area contributed by atoms with Crippen LogP contribution in [-0.2, 0) is 5.41 Å². The summed E-state index contributed by atoms with van der Waals surface area (Å²) in [4.78, 5) is 0. The van der Waals surface area contributed by atoms with E-state index >= 15 is 0 Å². The first kappa shape index (κ1) is 30.7. The summed E-state index contributed by atoms with van der Waals surface area (Å²) in [5, 5.41) is 0.865. The fraction of sp³-hybridized carbons (Fsp3) is 0.657. The van der Waals surface area contributed by atoms with Gasteiger partial charge in [0, 0.05) is 0 Å². The Morgan fingerprint density at radius 2 is 1.15 bits per heavy atom. The molecule has 4 rings (SSSR count). The van der Waals surface area contributed by atoms with Crippen LogP contribution in [0.1, 0.15) is 143 Å². The van der Waals surface area contributed by atoms with Gasteiger partial charge in [0.2, 0.25) is 0 Å². The molecule has 0 spiro atoms. The Hall–Kier alpha value is -1.30. The van der Waals surface area contributed by atoms with Crippen molar-refractivity contribution < 1.29 is 0 Å². The molecule has 206 valence electrons. The number of benzene rings is 2. The quantitative estimate of drug-likeness (QED) is 0.146. The van der Waals surface area contributed by atoms with Crippen LogP contribution in [0, 0.1) is 0 Å². The summed E-state index contributed by atoms with van der Waals surface area (Å²) in [6.07, 6.45) is 19.0. The minimum atomic E-state index is 0.157. The van der Waals surface area contributed by atoms with Gasteiger partial charge in [0.1, 0.15) is 0 Å². The molecule has 39 heavy (non-hydrogen) atoms. The van der Waals surface area contributed by atoms with E-state index < -0.39 is 0 Å². The van der Waals surface area contributed by atoms with E-state index in [4.69, 9.17) is 0 Å². The molecular weight excluding hydrogens is 464 g/mol. The first-order valence-electron chi connectivity index (χ1n) is 16.6. The molecule has 4 heteroatoms. The molecule has 0 radical (unpaired) electrons. The first-order valence-corrected chi connectivity index (χ1v) is 16.6. The van der Waals surface area contributed by atoms with Crippen LogP contribution in [0.5, 0.6) is 0 Å². The maximum absolute atomic E-state index is 4.14. The maximum atomic E-state index is 4.14. The van der Waals surface area contributed by atoms with Crippen LogP contribution in [0.4, 0.5) is 0 Å². The second kappa shape index (κ2) is 13.1. The number of unbranched alkanes of at least 4 members (excludes halogenated alkanes) is 10. The second-order valence-electron chi connectivity index (χ2n) is 14.2. The van der Waals surface area contributed by atoms with Gasteiger partial charge in [-0.15, -0.1) is 0 Å². The van der Waals surface area contributed by atoms with Crippen LogP contribution in [0.3, 0.4) is 0 Å². The zero-order valence-electron chi connectivity index (χ0n) is 26.4. The van der Waals surface area contributed by atoms with Crippen LogP contribution in [0.15, 0.2) is 36.4 Å². The molecule has 1 aliphatic heterocycles. The fourth-order valence-electron chi connectivity index (χ4n) is 7.97. The van der Waals surface area contributed by atoms with Crippen molar-refractivity contribution in [2.24, 2.45) is 0 Å². The van der Waals surface area contributed by atoms with E-state index in [2.05, 4.69) is 85.3 Å². The van der Waals surface area contributed by atoms with Crippen molar-refractivity contribution in [1.82, 2.24) is 0 Å². The Morgan fingerprint density at radius 1 is 0.667 bits per heavy atom. The molecule has 1 heterocycles. The van der Waals surface area contributed by atoms with Gasteiger partial charge in [0.05, 0.1) is 0 Å². The molecule has 0 bridgehead atoms. The molecule has 2 aromatic carbocycles. The van der Waals surface area contributed by atoms with Gasteiger partial charge in [-0.05, 0) is 0 Å². The second-order valence-corrected chi connectivity index (χ2v) is 14.2. The molecule has 0 unspecified atom stereocenters. The monoisotopic (exact) mass is 518 g/mol. The van der Waals surface area contributed by atoms with Gasteiger partial charge >= 0.3 is 245 Å².